The third-order valence-electron chi connectivity index (χ3n) is 4.08. The standard InChI is InChI=1S/C16H13ClF7N/c1-9-6-10(14(18,15(19,20)21)16(22,23)24)8-13(2,7-9)11-4-3-5-25-12(11)17/h3-6,8H,7H2,1-2H3. The summed E-state index contributed by atoms with van der Waals surface area (Å²) in [6.45, 7) is 2.72. The highest BCUT2D eigenvalue weighted by molar-refractivity contribution is 6.30. The van der Waals surface area contributed by atoms with Crippen LogP contribution in [0.25, 0.3) is 0 Å². The number of rotatable bonds is 2. The predicted molar refractivity (Wildman–Crippen MR) is 79.0 cm³/mol. The Morgan fingerprint density at radius 1 is 1.08 bits per heavy atom. The fourth-order valence-corrected chi connectivity index (χ4v) is 3.34. The summed E-state index contributed by atoms with van der Waals surface area (Å²) < 4.78 is 92.7. The molecule has 1 atom stereocenters. The minimum absolute atomic E-state index is 0.0706. The molecule has 0 bridgehead atoms. The molecule has 0 fully saturated rings. The summed E-state index contributed by atoms with van der Waals surface area (Å²) in [5.74, 6) is 0. The fourth-order valence-electron chi connectivity index (χ4n) is 3.00. The van der Waals surface area contributed by atoms with E-state index in [0.29, 0.717) is 12.2 Å². The van der Waals surface area contributed by atoms with E-state index in [-0.39, 0.29) is 22.7 Å². The second-order valence-corrected chi connectivity index (χ2v) is 6.54. The van der Waals surface area contributed by atoms with Gasteiger partial charge in [0.15, 0.2) is 0 Å². The summed E-state index contributed by atoms with van der Waals surface area (Å²) in [4.78, 5) is 3.79. The summed E-state index contributed by atoms with van der Waals surface area (Å²) in [5, 5.41) is -0.0706. The van der Waals surface area contributed by atoms with E-state index in [1.165, 1.54) is 32.2 Å². The van der Waals surface area contributed by atoms with Crippen LogP contribution in [-0.2, 0) is 5.41 Å². The Hall–Kier alpha value is -1.57. The summed E-state index contributed by atoms with van der Waals surface area (Å²) in [5.41, 5.74) is -7.97. The molecule has 0 saturated heterocycles. The van der Waals surface area contributed by atoms with E-state index in [1.54, 1.807) is 0 Å². The summed E-state index contributed by atoms with van der Waals surface area (Å²) in [6.07, 6.45) is -9.68. The molecular weight excluding hydrogens is 375 g/mol. The van der Waals surface area contributed by atoms with Crippen molar-refractivity contribution in [2.75, 3.05) is 0 Å². The second-order valence-electron chi connectivity index (χ2n) is 6.18. The molecule has 1 aliphatic carbocycles. The van der Waals surface area contributed by atoms with E-state index in [4.69, 9.17) is 11.6 Å². The first-order valence-corrected chi connectivity index (χ1v) is 7.44. The number of allylic oxidation sites excluding steroid dienone is 4. The number of hydrogen-bond acceptors (Lipinski definition) is 1. The van der Waals surface area contributed by atoms with E-state index in [0.717, 1.165) is 0 Å². The first-order valence-electron chi connectivity index (χ1n) is 7.06. The van der Waals surface area contributed by atoms with Crippen LogP contribution in [0.1, 0.15) is 25.8 Å². The third kappa shape index (κ3) is 3.28. The van der Waals surface area contributed by atoms with Gasteiger partial charge in [0.05, 0.1) is 0 Å². The Morgan fingerprint density at radius 2 is 1.64 bits per heavy atom. The average molecular weight is 388 g/mol. The molecule has 1 unspecified atom stereocenters. The van der Waals surface area contributed by atoms with Gasteiger partial charge < -0.3 is 0 Å². The van der Waals surface area contributed by atoms with Crippen molar-refractivity contribution in [2.24, 2.45) is 0 Å². The van der Waals surface area contributed by atoms with Gasteiger partial charge in [-0.2, -0.15) is 26.3 Å². The fraction of sp³-hybridized carbons (Fsp3) is 0.438. The van der Waals surface area contributed by atoms with Crippen LogP contribution in [-0.4, -0.2) is 23.0 Å². The first-order chi connectivity index (χ1) is 11.2. The maximum Gasteiger partial charge on any atom is 0.435 e. The van der Waals surface area contributed by atoms with Gasteiger partial charge in [0, 0.05) is 17.2 Å². The SMILES string of the molecule is CC1=CC(C(F)(C(F)(F)F)C(F)(F)F)=CC(C)(c2cccnc2Cl)C1. The highest BCUT2D eigenvalue weighted by atomic mass is 35.5. The van der Waals surface area contributed by atoms with Gasteiger partial charge in [-0.1, -0.05) is 42.3 Å². The van der Waals surface area contributed by atoms with Crippen LogP contribution >= 0.6 is 11.6 Å². The molecule has 0 spiro atoms. The molecule has 0 saturated carbocycles. The van der Waals surface area contributed by atoms with Gasteiger partial charge in [-0.3, -0.25) is 0 Å². The molecule has 1 heterocycles. The Labute approximate surface area is 144 Å². The summed E-state index contributed by atoms with van der Waals surface area (Å²) in [6, 6.07) is 2.88. The van der Waals surface area contributed by atoms with Crippen LogP contribution in [0.2, 0.25) is 5.15 Å². The van der Waals surface area contributed by atoms with Crippen LogP contribution in [0, 0.1) is 0 Å². The van der Waals surface area contributed by atoms with Crippen molar-refractivity contribution in [3.05, 3.63) is 52.3 Å². The Bertz CT molecular complexity index is 719. The molecule has 1 aliphatic rings. The maximum absolute atomic E-state index is 14.4. The summed E-state index contributed by atoms with van der Waals surface area (Å²) in [7, 11) is 0. The van der Waals surface area contributed by atoms with Gasteiger partial charge in [0.25, 0.3) is 0 Å². The molecule has 1 aromatic rings. The van der Waals surface area contributed by atoms with Gasteiger partial charge in [0.1, 0.15) is 5.15 Å². The first kappa shape index (κ1) is 19.8. The average Bonchev–Trinajstić information content (AvgIpc) is 2.43. The quantitative estimate of drug-likeness (QED) is 0.441. The topological polar surface area (TPSA) is 12.9 Å². The lowest BCUT2D eigenvalue weighted by Gasteiger charge is -2.37. The monoisotopic (exact) mass is 387 g/mol. The minimum atomic E-state index is -6.16. The smallest absolute Gasteiger partial charge is 0.244 e. The number of aromatic nitrogens is 1. The Morgan fingerprint density at radius 3 is 2.12 bits per heavy atom. The molecular formula is C16H13ClF7N. The molecule has 0 N–H and O–H groups in total. The van der Waals surface area contributed by atoms with Crippen molar-refractivity contribution in [3.8, 4) is 0 Å². The highest BCUT2D eigenvalue weighted by Crippen LogP contribution is 2.54. The molecule has 0 amide bonds. The molecule has 9 heteroatoms. The molecule has 0 aromatic carbocycles. The van der Waals surface area contributed by atoms with E-state index in [2.05, 4.69) is 4.98 Å². The molecule has 2 rings (SSSR count). The van der Waals surface area contributed by atoms with Crippen molar-refractivity contribution >= 4 is 11.6 Å². The lowest BCUT2D eigenvalue weighted by atomic mass is 9.71. The highest BCUT2D eigenvalue weighted by Gasteiger charge is 2.74. The predicted octanol–water partition coefficient (Wildman–Crippen LogP) is 6.10. The van der Waals surface area contributed by atoms with Crippen molar-refractivity contribution in [1.29, 1.82) is 0 Å². The van der Waals surface area contributed by atoms with E-state index < -0.39 is 29.0 Å². The Kier molecular flexibility index (Phi) is 4.74. The number of hydrogen-bond donors (Lipinski definition) is 0. The van der Waals surface area contributed by atoms with E-state index >= 15 is 0 Å². The minimum Gasteiger partial charge on any atom is -0.244 e. The molecule has 0 radical (unpaired) electrons. The van der Waals surface area contributed by atoms with Crippen molar-refractivity contribution in [2.45, 2.75) is 43.7 Å². The largest absolute Gasteiger partial charge is 0.435 e. The molecule has 1 aromatic heterocycles. The van der Waals surface area contributed by atoms with Gasteiger partial charge >= 0.3 is 18.0 Å². The zero-order chi connectivity index (χ0) is 19.3. The van der Waals surface area contributed by atoms with E-state index in [9.17, 15) is 30.7 Å². The van der Waals surface area contributed by atoms with Gasteiger partial charge in [-0.15, -0.1) is 0 Å². The number of alkyl halides is 7. The maximum atomic E-state index is 14.4. The Balaban J connectivity index is 2.71. The lowest BCUT2D eigenvalue weighted by Crippen LogP contribution is -2.55. The van der Waals surface area contributed by atoms with Crippen molar-refractivity contribution in [3.63, 3.8) is 0 Å². The van der Waals surface area contributed by atoms with Crippen LogP contribution in [0.15, 0.2) is 41.6 Å². The molecule has 0 aliphatic heterocycles. The van der Waals surface area contributed by atoms with Gasteiger partial charge in [0.2, 0.25) is 0 Å². The van der Waals surface area contributed by atoms with Crippen molar-refractivity contribution in [1.82, 2.24) is 4.98 Å². The molecule has 25 heavy (non-hydrogen) atoms. The number of halogens is 8. The molecule has 138 valence electrons. The lowest BCUT2D eigenvalue weighted by molar-refractivity contribution is -0.325. The van der Waals surface area contributed by atoms with Crippen LogP contribution in [0.4, 0.5) is 30.7 Å². The second kappa shape index (κ2) is 6.00. The van der Waals surface area contributed by atoms with Crippen LogP contribution in [0.5, 0.6) is 0 Å². The molecule has 1 nitrogen and oxygen atoms in total. The van der Waals surface area contributed by atoms with Crippen molar-refractivity contribution < 1.29 is 30.7 Å². The van der Waals surface area contributed by atoms with Crippen LogP contribution in [0.3, 0.4) is 0 Å². The number of pyridine rings is 1. The normalized spacial score (nSPS) is 22.5. The van der Waals surface area contributed by atoms with E-state index in [1.807, 2.05) is 0 Å². The van der Waals surface area contributed by atoms with Gasteiger partial charge in [-0.25, -0.2) is 9.37 Å². The van der Waals surface area contributed by atoms with Gasteiger partial charge in [-0.05, 0) is 25.0 Å². The van der Waals surface area contributed by atoms with Crippen LogP contribution < -0.4 is 0 Å². The zero-order valence-electron chi connectivity index (χ0n) is 13.1. The number of nitrogens with zero attached hydrogens (tertiary/aromatic N) is 1. The summed E-state index contributed by atoms with van der Waals surface area (Å²) >= 11 is 5.94. The third-order valence-corrected chi connectivity index (χ3v) is 4.38. The zero-order valence-corrected chi connectivity index (χ0v) is 13.8.